The molecule has 0 atom stereocenters. The number of hydrogen-bond acceptors (Lipinski definition) is 4. The summed E-state index contributed by atoms with van der Waals surface area (Å²) in [6.45, 7) is 0.755. The molecule has 0 fully saturated rings. The second-order valence-electron chi connectivity index (χ2n) is 3.41. The van der Waals surface area contributed by atoms with Crippen molar-refractivity contribution in [3.05, 3.63) is 0 Å². The normalized spacial score (nSPS) is 13.4. The molecule has 0 aliphatic heterocycles. The molecule has 0 heterocycles. The van der Waals surface area contributed by atoms with E-state index in [1.54, 1.807) is 0 Å². The smallest absolute Gasteiger partial charge is 0.326 e. The minimum absolute atomic E-state index is 0.0709. The molecule has 0 aliphatic rings. The quantitative estimate of drug-likeness (QED) is 0.340. The van der Waals surface area contributed by atoms with Crippen LogP contribution in [0, 0.1) is 0 Å². The predicted octanol–water partition coefficient (Wildman–Crippen LogP) is -1.40. The van der Waals surface area contributed by atoms with Crippen LogP contribution < -0.4 is 5.73 Å². The van der Waals surface area contributed by atoms with Gasteiger partial charge in [0.05, 0.1) is 12.3 Å². The Balaban J connectivity index is 4.07. The molecule has 0 unspecified atom stereocenters. The van der Waals surface area contributed by atoms with Crippen molar-refractivity contribution in [3.63, 3.8) is 0 Å². The van der Waals surface area contributed by atoms with Gasteiger partial charge in [-0.3, -0.25) is 9.13 Å². The van der Waals surface area contributed by atoms with Crippen LogP contribution in [-0.2, 0) is 9.13 Å². The van der Waals surface area contributed by atoms with E-state index >= 15 is 0 Å². The summed E-state index contributed by atoms with van der Waals surface area (Å²) in [7, 11) is -8.17. The average Bonchev–Trinajstić information content (AvgIpc) is 2.07. The third-order valence-electron chi connectivity index (χ3n) is 1.86. The summed E-state index contributed by atoms with van der Waals surface area (Å²) in [5.41, 5.74) is 5.28. The summed E-state index contributed by atoms with van der Waals surface area (Å²) in [5, 5.41) is 0. The van der Waals surface area contributed by atoms with E-state index < -0.39 is 15.2 Å². The molecule has 0 saturated carbocycles. The van der Waals surface area contributed by atoms with Gasteiger partial charge in [0.15, 0.2) is 0 Å². The Morgan fingerprint density at radius 1 is 0.875 bits per heavy atom. The largest absolute Gasteiger partial charge is 0.329 e. The van der Waals surface area contributed by atoms with Gasteiger partial charge in [0, 0.05) is 26.2 Å². The molecule has 0 saturated heterocycles. The van der Waals surface area contributed by atoms with Crippen molar-refractivity contribution in [2.75, 3.05) is 38.5 Å². The van der Waals surface area contributed by atoms with Crippen molar-refractivity contribution in [2.24, 2.45) is 5.73 Å². The van der Waals surface area contributed by atoms with Crippen molar-refractivity contribution >= 4 is 15.2 Å². The van der Waals surface area contributed by atoms with Crippen molar-refractivity contribution in [1.29, 1.82) is 0 Å². The van der Waals surface area contributed by atoms with Crippen molar-refractivity contribution in [2.45, 2.75) is 0 Å². The Morgan fingerprint density at radius 3 is 1.50 bits per heavy atom. The highest BCUT2D eigenvalue weighted by atomic mass is 31.2. The van der Waals surface area contributed by atoms with Gasteiger partial charge in [-0.05, 0) is 0 Å². The first-order valence-corrected chi connectivity index (χ1v) is 8.25. The van der Waals surface area contributed by atoms with E-state index in [0.717, 1.165) is 0 Å². The summed E-state index contributed by atoms with van der Waals surface area (Å²) in [4.78, 5) is 36.2. The fourth-order valence-corrected chi connectivity index (χ4v) is 2.15. The number of nitrogens with two attached hydrogens (primary N) is 1. The van der Waals surface area contributed by atoms with Gasteiger partial charge >= 0.3 is 15.2 Å². The summed E-state index contributed by atoms with van der Waals surface area (Å²) >= 11 is 0. The van der Waals surface area contributed by atoms with Gasteiger partial charge in [-0.25, -0.2) is 0 Å². The highest BCUT2D eigenvalue weighted by Crippen LogP contribution is 2.35. The maximum absolute atomic E-state index is 10.6. The van der Waals surface area contributed by atoms with E-state index in [2.05, 4.69) is 0 Å². The molecule has 8 nitrogen and oxygen atoms in total. The summed E-state index contributed by atoms with van der Waals surface area (Å²) in [5.74, 6) is 0. The monoisotopic (exact) mass is 276 g/mol. The van der Waals surface area contributed by atoms with Gasteiger partial charge in [0.1, 0.15) is 0 Å². The fraction of sp³-hybridized carbons (Fsp3) is 1.00. The van der Waals surface area contributed by atoms with Crippen LogP contribution in [-0.4, -0.2) is 63.0 Å². The topological polar surface area (TPSA) is 144 Å². The van der Waals surface area contributed by atoms with Gasteiger partial charge in [-0.15, -0.1) is 0 Å². The Labute approximate surface area is 93.8 Å². The average molecular weight is 276 g/mol. The van der Waals surface area contributed by atoms with Crippen LogP contribution in [0.3, 0.4) is 0 Å². The molecule has 0 spiro atoms. The van der Waals surface area contributed by atoms with Crippen LogP contribution in [0.2, 0.25) is 0 Å². The molecule has 0 aromatic carbocycles. The summed E-state index contributed by atoms with van der Waals surface area (Å²) in [6.07, 6.45) is -0.678. The number of nitrogens with zero attached hydrogens (tertiary/aromatic N) is 1. The first kappa shape index (κ1) is 16.2. The van der Waals surface area contributed by atoms with Gasteiger partial charge in [0.25, 0.3) is 0 Å². The lowest BCUT2D eigenvalue weighted by molar-refractivity contribution is 0.290. The van der Waals surface area contributed by atoms with E-state index in [9.17, 15) is 9.13 Å². The lowest BCUT2D eigenvalue weighted by Gasteiger charge is -2.21. The molecule has 0 radical (unpaired) electrons. The molecule has 6 N–H and O–H groups in total. The zero-order chi connectivity index (χ0) is 12.8. The molecule has 16 heavy (non-hydrogen) atoms. The SMILES string of the molecule is NCCN(CCP(=O)(O)O)CCP(=O)(O)O. The van der Waals surface area contributed by atoms with Crippen molar-refractivity contribution < 1.29 is 28.7 Å². The molecule has 0 aromatic heterocycles. The van der Waals surface area contributed by atoms with E-state index in [1.165, 1.54) is 4.90 Å². The highest BCUT2D eigenvalue weighted by Gasteiger charge is 2.18. The first-order valence-electron chi connectivity index (χ1n) is 4.65. The van der Waals surface area contributed by atoms with Crippen LogP contribution >= 0.6 is 15.2 Å². The summed E-state index contributed by atoms with van der Waals surface area (Å²) in [6, 6.07) is 0. The van der Waals surface area contributed by atoms with Crippen LogP contribution in [0.4, 0.5) is 0 Å². The number of hydrogen-bond donors (Lipinski definition) is 5. The Kier molecular flexibility index (Phi) is 6.93. The van der Waals surface area contributed by atoms with E-state index in [1.807, 2.05) is 0 Å². The first-order chi connectivity index (χ1) is 7.14. The second-order valence-corrected chi connectivity index (χ2v) is 6.96. The Hall–Kier alpha value is 0.220. The molecule has 10 heteroatoms. The van der Waals surface area contributed by atoms with E-state index in [0.29, 0.717) is 6.54 Å². The van der Waals surface area contributed by atoms with Crippen molar-refractivity contribution in [3.8, 4) is 0 Å². The van der Waals surface area contributed by atoms with Gasteiger partial charge < -0.3 is 30.2 Å². The van der Waals surface area contributed by atoms with Crippen molar-refractivity contribution in [1.82, 2.24) is 4.90 Å². The zero-order valence-corrected chi connectivity index (χ0v) is 10.6. The van der Waals surface area contributed by atoms with Crippen LogP contribution in [0.5, 0.6) is 0 Å². The van der Waals surface area contributed by atoms with Crippen LogP contribution in [0.1, 0.15) is 0 Å². The van der Waals surface area contributed by atoms with Gasteiger partial charge in [-0.2, -0.15) is 0 Å². The third-order valence-corrected chi connectivity index (χ3v) is 3.43. The van der Waals surface area contributed by atoms with Gasteiger partial charge in [-0.1, -0.05) is 0 Å². The second kappa shape index (κ2) is 6.83. The van der Waals surface area contributed by atoms with Gasteiger partial charge in [0.2, 0.25) is 0 Å². The standard InChI is InChI=1S/C6H18N2O6P2/c7-1-2-8(3-5-15(9,10)11)4-6-16(12,13)14/h1-7H2,(H2,9,10,11)(H2,12,13,14). The molecular formula is C6H18N2O6P2. The Bertz CT molecular complexity index is 261. The fourth-order valence-electron chi connectivity index (χ4n) is 1.06. The van der Waals surface area contributed by atoms with Crippen LogP contribution in [0.25, 0.3) is 0 Å². The maximum atomic E-state index is 10.6. The van der Waals surface area contributed by atoms with Crippen LogP contribution in [0.15, 0.2) is 0 Å². The van der Waals surface area contributed by atoms with E-state index in [4.69, 9.17) is 25.3 Å². The maximum Gasteiger partial charge on any atom is 0.326 e. The third kappa shape index (κ3) is 10.7. The lowest BCUT2D eigenvalue weighted by Crippen LogP contribution is -2.34. The molecule has 0 bridgehead atoms. The lowest BCUT2D eigenvalue weighted by atomic mass is 10.5. The Morgan fingerprint density at radius 2 is 1.25 bits per heavy atom. The minimum Gasteiger partial charge on any atom is -0.329 e. The molecular weight excluding hydrogens is 258 g/mol. The highest BCUT2D eigenvalue weighted by molar-refractivity contribution is 7.52. The molecule has 0 aliphatic carbocycles. The predicted molar refractivity (Wildman–Crippen MR) is 59.3 cm³/mol. The minimum atomic E-state index is -4.08. The molecule has 98 valence electrons. The zero-order valence-electron chi connectivity index (χ0n) is 8.77. The molecule has 0 rings (SSSR count). The van der Waals surface area contributed by atoms with E-state index in [-0.39, 0.29) is 32.0 Å². The molecule has 0 aromatic rings. The number of rotatable bonds is 8. The molecule has 0 amide bonds. The summed E-state index contributed by atoms with van der Waals surface area (Å²) < 4.78 is 21.2.